The van der Waals surface area contributed by atoms with Crippen LogP contribution in [0.15, 0.2) is 41.3 Å². The molecule has 0 aliphatic heterocycles. The fourth-order valence-electron chi connectivity index (χ4n) is 2.27. The van der Waals surface area contributed by atoms with Crippen molar-refractivity contribution in [2.45, 2.75) is 44.6 Å². The highest BCUT2D eigenvalue weighted by Crippen LogP contribution is 2.23. The predicted molar refractivity (Wildman–Crippen MR) is 96.8 cm³/mol. The van der Waals surface area contributed by atoms with Gasteiger partial charge in [-0.2, -0.15) is 0 Å². The van der Waals surface area contributed by atoms with Crippen LogP contribution in [-0.4, -0.2) is 18.3 Å². The lowest BCUT2D eigenvalue weighted by molar-refractivity contribution is 0.576. The van der Waals surface area contributed by atoms with Gasteiger partial charge in [0.1, 0.15) is 0 Å². The maximum atomic E-state index is 3.63. The summed E-state index contributed by atoms with van der Waals surface area (Å²) in [4.78, 5) is 4.36. The van der Waals surface area contributed by atoms with E-state index in [2.05, 4.69) is 62.5 Å². The average molecular weight is 320 g/mol. The zero-order valence-electron chi connectivity index (χ0n) is 13.2. The molecular formula is C18H25NS2. The lowest BCUT2D eigenvalue weighted by atomic mass is 10.2. The van der Waals surface area contributed by atoms with E-state index in [4.69, 9.17) is 0 Å². The summed E-state index contributed by atoms with van der Waals surface area (Å²) in [5, 5.41) is 3.63. The van der Waals surface area contributed by atoms with Crippen molar-refractivity contribution in [2.75, 3.05) is 12.3 Å². The third-order valence-corrected chi connectivity index (χ3v) is 5.90. The van der Waals surface area contributed by atoms with E-state index in [0.29, 0.717) is 6.04 Å². The third kappa shape index (κ3) is 5.50. The number of hydrogen-bond donors (Lipinski definition) is 1. The number of thioether (sulfide) groups is 1. The maximum absolute atomic E-state index is 3.63. The minimum absolute atomic E-state index is 0.546. The summed E-state index contributed by atoms with van der Waals surface area (Å²) >= 11 is 3.91. The van der Waals surface area contributed by atoms with Gasteiger partial charge in [-0.05, 0) is 50.6 Å². The van der Waals surface area contributed by atoms with E-state index in [-0.39, 0.29) is 0 Å². The molecule has 3 heteroatoms. The summed E-state index contributed by atoms with van der Waals surface area (Å²) in [5.41, 5.74) is 1.33. The highest BCUT2D eigenvalue weighted by atomic mass is 32.2. The fourth-order valence-corrected chi connectivity index (χ4v) is 4.27. The quantitative estimate of drug-likeness (QED) is 0.692. The normalized spacial score (nSPS) is 12.5. The van der Waals surface area contributed by atoms with E-state index in [1.807, 2.05) is 23.1 Å². The van der Waals surface area contributed by atoms with Gasteiger partial charge in [-0.1, -0.05) is 31.5 Å². The van der Waals surface area contributed by atoms with Gasteiger partial charge in [-0.15, -0.1) is 23.1 Å². The second-order valence-electron chi connectivity index (χ2n) is 5.30. The van der Waals surface area contributed by atoms with Gasteiger partial charge in [0, 0.05) is 26.4 Å². The van der Waals surface area contributed by atoms with Crippen LogP contribution in [0.4, 0.5) is 0 Å². The number of thiophene rings is 1. The van der Waals surface area contributed by atoms with Crippen molar-refractivity contribution in [3.63, 3.8) is 0 Å². The molecule has 0 amide bonds. The Morgan fingerprint density at radius 2 is 1.76 bits per heavy atom. The lowest BCUT2D eigenvalue weighted by Crippen LogP contribution is -2.32. The van der Waals surface area contributed by atoms with E-state index in [1.165, 1.54) is 20.2 Å². The summed E-state index contributed by atoms with van der Waals surface area (Å²) in [5.74, 6) is 1.12. The SMILES string of the molecule is CCNC(CSc1ccc(C)cc1)Cc1ccc(CC)s1. The van der Waals surface area contributed by atoms with Gasteiger partial charge >= 0.3 is 0 Å². The molecule has 0 saturated heterocycles. The van der Waals surface area contributed by atoms with E-state index < -0.39 is 0 Å². The molecule has 1 unspecified atom stereocenters. The van der Waals surface area contributed by atoms with Crippen molar-refractivity contribution in [3.8, 4) is 0 Å². The van der Waals surface area contributed by atoms with Crippen LogP contribution in [0.1, 0.15) is 29.2 Å². The topological polar surface area (TPSA) is 12.0 Å². The van der Waals surface area contributed by atoms with Crippen molar-refractivity contribution in [1.82, 2.24) is 5.32 Å². The molecule has 2 aromatic rings. The first-order valence-electron chi connectivity index (χ1n) is 7.71. The molecule has 0 aliphatic rings. The minimum Gasteiger partial charge on any atom is -0.313 e. The zero-order valence-corrected chi connectivity index (χ0v) is 14.8. The number of hydrogen-bond acceptors (Lipinski definition) is 3. The number of nitrogens with one attached hydrogen (secondary N) is 1. The molecule has 1 aromatic heterocycles. The molecule has 1 nitrogen and oxygen atoms in total. The first-order chi connectivity index (χ1) is 10.2. The van der Waals surface area contributed by atoms with Crippen molar-refractivity contribution < 1.29 is 0 Å². The van der Waals surface area contributed by atoms with Gasteiger partial charge in [0.25, 0.3) is 0 Å². The van der Waals surface area contributed by atoms with E-state index in [1.54, 1.807) is 0 Å². The second-order valence-corrected chi connectivity index (χ2v) is 7.65. The predicted octanol–water partition coefficient (Wildman–Crippen LogP) is 4.93. The first kappa shape index (κ1) is 16.6. The molecular weight excluding hydrogens is 294 g/mol. The van der Waals surface area contributed by atoms with Gasteiger partial charge in [-0.25, -0.2) is 0 Å². The maximum Gasteiger partial charge on any atom is 0.0209 e. The molecule has 0 spiro atoms. The Morgan fingerprint density at radius 1 is 1.05 bits per heavy atom. The summed E-state index contributed by atoms with van der Waals surface area (Å²) in [6.07, 6.45) is 2.28. The van der Waals surface area contributed by atoms with Crippen LogP contribution in [-0.2, 0) is 12.8 Å². The molecule has 0 radical (unpaired) electrons. The van der Waals surface area contributed by atoms with Crippen molar-refractivity contribution >= 4 is 23.1 Å². The molecule has 1 atom stereocenters. The Bertz CT molecular complexity index is 530. The third-order valence-electron chi connectivity index (χ3n) is 3.48. The van der Waals surface area contributed by atoms with Crippen LogP contribution >= 0.6 is 23.1 Å². The van der Waals surface area contributed by atoms with Gasteiger partial charge in [0.05, 0.1) is 0 Å². The van der Waals surface area contributed by atoms with E-state index >= 15 is 0 Å². The van der Waals surface area contributed by atoms with E-state index in [9.17, 15) is 0 Å². The molecule has 1 heterocycles. The Kier molecular flexibility index (Phi) is 6.81. The smallest absolute Gasteiger partial charge is 0.0209 e. The van der Waals surface area contributed by atoms with Gasteiger partial charge in [0.2, 0.25) is 0 Å². The Hall–Kier alpha value is -0.770. The van der Waals surface area contributed by atoms with Crippen LogP contribution in [0.3, 0.4) is 0 Å². The van der Waals surface area contributed by atoms with Crippen molar-refractivity contribution in [3.05, 3.63) is 51.7 Å². The van der Waals surface area contributed by atoms with Crippen molar-refractivity contribution in [1.29, 1.82) is 0 Å². The Balaban J connectivity index is 1.90. The standard InChI is InChI=1S/C18H25NS2/c1-4-16-10-11-18(21-16)12-15(19-5-2)13-20-17-8-6-14(3)7-9-17/h6-11,15,19H,4-5,12-13H2,1-3H3. The summed E-state index contributed by atoms with van der Waals surface area (Å²) < 4.78 is 0. The highest BCUT2D eigenvalue weighted by molar-refractivity contribution is 7.99. The van der Waals surface area contributed by atoms with Crippen LogP contribution in [0, 0.1) is 6.92 Å². The minimum atomic E-state index is 0.546. The molecule has 0 saturated carbocycles. The largest absolute Gasteiger partial charge is 0.313 e. The highest BCUT2D eigenvalue weighted by Gasteiger charge is 2.11. The van der Waals surface area contributed by atoms with Crippen LogP contribution in [0.25, 0.3) is 0 Å². The number of aryl methyl sites for hydroxylation is 2. The zero-order chi connectivity index (χ0) is 15.1. The summed E-state index contributed by atoms with van der Waals surface area (Å²) in [7, 11) is 0. The van der Waals surface area contributed by atoms with Crippen LogP contribution in [0.5, 0.6) is 0 Å². The van der Waals surface area contributed by atoms with Crippen LogP contribution < -0.4 is 5.32 Å². The number of likely N-dealkylation sites (N-methyl/N-ethyl adjacent to an activating group) is 1. The average Bonchev–Trinajstić information content (AvgIpc) is 2.94. The van der Waals surface area contributed by atoms with E-state index in [0.717, 1.165) is 25.1 Å². The van der Waals surface area contributed by atoms with Crippen molar-refractivity contribution in [2.24, 2.45) is 0 Å². The molecule has 1 aromatic carbocycles. The summed E-state index contributed by atoms with van der Waals surface area (Å²) in [6, 6.07) is 14.0. The lowest BCUT2D eigenvalue weighted by Gasteiger charge is -2.16. The monoisotopic (exact) mass is 319 g/mol. The van der Waals surface area contributed by atoms with Gasteiger partial charge in [0.15, 0.2) is 0 Å². The second kappa shape index (κ2) is 8.62. The molecule has 114 valence electrons. The summed E-state index contributed by atoms with van der Waals surface area (Å²) in [6.45, 7) is 7.59. The van der Waals surface area contributed by atoms with Gasteiger partial charge in [-0.3, -0.25) is 0 Å². The molecule has 0 bridgehead atoms. The molecule has 0 fully saturated rings. The molecule has 2 rings (SSSR count). The van der Waals surface area contributed by atoms with Gasteiger partial charge < -0.3 is 5.32 Å². The fraction of sp³-hybridized carbons (Fsp3) is 0.444. The molecule has 0 aliphatic carbocycles. The first-order valence-corrected chi connectivity index (χ1v) is 9.52. The number of benzene rings is 1. The Morgan fingerprint density at radius 3 is 2.38 bits per heavy atom. The molecule has 21 heavy (non-hydrogen) atoms. The van der Waals surface area contributed by atoms with Crippen LogP contribution in [0.2, 0.25) is 0 Å². The Labute approximate surface area is 137 Å². The molecule has 1 N–H and O–H groups in total. The number of rotatable bonds is 8.